The third-order valence-electron chi connectivity index (χ3n) is 4.44. The van der Waals surface area contributed by atoms with Gasteiger partial charge in [0.05, 0.1) is 11.8 Å². The van der Waals surface area contributed by atoms with Crippen LogP contribution in [0.15, 0.2) is 0 Å². The van der Waals surface area contributed by atoms with Crippen LogP contribution in [0.2, 0.25) is 0 Å². The summed E-state index contributed by atoms with van der Waals surface area (Å²) in [5.41, 5.74) is -0.632. The van der Waals surface area contributed by atoms with Crippen LogP contribution in [0.1, 0.15) is 33.1 Å². The number of aliphatic carboxylic acids is 2. The molecule has 0 aliphatic heterocycles. The maximum Gasteiger partial charge on any atom is 0.307 e. The van der Waals surface area contributed by atoms with Gasteiger partial charge in [-0.05, 0) is 30.1 Å². The summed E-state index contributed by atoms with van der Waals surface area (Å²) in [6, 6.07) is 0. The SMILES string of the molecule is CC12CCC(C)(C1)C(C(=O)O)C2C(=O)O. The van der Waals surface area contributed by atoms with Gasteiger partial charge in [0, 0.05) is 0 Å². The number of hydrogen-bond acceptors (Lipinski definition) is 2. The van der Waals surface area contributed by atoms with Gasteiger partial charge in [0.25, 0.3) is 0 Å². The number of rotatable bonds is 2. The van der Waals surface area contributed by atoms with E-state index in [-0.39, 0.29) is 10.8 Å². The highest BCUT2D eigenvalue weighted by Crippen LogP contribution is 2.66. The molecular formula is C11H16O4. The summed E-state index contributed by atoms with van der Waals surface area (Å²) in [6.45, 7) is 3.83. The molecule has 0 aromatic heterocycles. The van der Waals surface area contributed by atoms with E-state index in [0.29, 0.717) is 0 Å². The summed E-state index contributed by atoms with van der Waals surface area (Å²) in [5.74, 6) is -3.33. The average molecular weight is 212 g/mol. The molecule has 2 N–H and O–H groups in total. The first-order chi connectivity index (χ1) is 6.80. The standard InChI is InChI=1S/C11H16O4/c1-10-3-4-11(2,5-10)7(9(14)15)6(10)8(12)13/h6-7H,3-5H2,1-2H3,(H,12,13)(H,14,15). The van der Waals surface area contributed by atoms with Gasteiger partial charge in [-0.25, -0.2) is 0 Å². The Hall–Kier alpha value is -1.06. The summed E-state index contributed by atoms with van der Waals surface area (Å²) in [5, 5.41) is 18.3. The van der Waals surface area contributed by atoms with Crippen LogP contribution in [0.4, 0.5) is 0 Å². The van der Waals surface area contributed by atoms with Crippen molar-refractivity contribution in [3.8, 4) is 0 Å². The maximum atomic E-state index is 11.2. The zero-order valence-corrected chi connectivity index (χ0v) is 8.99. The van der Waals surface area contributed by atoms with Crippen molar-refractivity contribution in [1.29, 1.82) is 0 Å². The quantitative estimate of drug-likeness (QED) is 0.729. The minimum absolute atomic E-state index is 0.316. The zero-order valence-electron chi connectivity index (χ0n) is 8.99. The fourth-order valence-electron chi connectivity index (χ4n) is 3.89. The Kier molecular flexibility index (Phi) is 1.91. The molecule has 0 radical (unpaired) electrons. The van der Waals surface area contributed by atoms with E-state index in [0.717, 1.165) is 19.3 Å². The summed E-state index contributed by atoms with van der Waals surface area (Å²) >= 11 is 0. The largest absolute Gasteiger partial charge is 0.481 e. The number of fused-ring (bicyclic) bond motifs is 2. The molecule has 4 heteroatoms. The first kappa shape index (κ1) is 10.5. The van der Waals surface area contributed by atoms with Crippen molar-refractivity contribution in [2.75, 3.05) is 0 Å². The molecule has 15 heavy (non-hydrogen) atoms. The van der Waals surface area contributed by atoms with E-state index in [9.17, 15) is 19.8 Å². The Bertz CT molecular complexity index is 305. The van der Waals surface area contributed by atoms with E-state index in [4.69, 9.17) is 0 Å². The van der Waals surface area contributed by atoms with Gasteiger partial charge in [0.1, 0.15) is 0 Å². The second-order valence-corrected chi connectivity index (χ2v) is 5.62. The Labute approximate surface area is 88.3 Å². The zero-order chi connectivity index (χ0) is 11.4. The van der Waals surface area contributed by atoms with E-state index in [2.05, 4.69) is 0 Å². The second-order valence-electron chi connectivity index (χ2n) is 5.62. The van der Waals surface area contributed by atoms with E-state index >= 15 is 0 Å². The van der Waals surface area contributed by atoms with Gasteiger partial charge in [0.2, 0.25) is 0 Å². The van der Waals surface area contributed by atoms with Gasteiger partial charge in [0.15, 0.2) is 0 Å². The predicted molar refractivity (Wildman–Crippen MR) is 52.3 cm³/mol. The van der Waals surface area contributed by atoms with Crippen molar-refractivity contribution in [2.45, 2.75) is 33.1 Å². The van der Waals surface area contributed by atoms with Crippen molar-refractivity contribution in [3.63, 3.8) is 0 Å². The van der Waals surface area contributed by atoms with E-state index in [1.54, 1.807) is 0 Å². The van der Waals surface area contributed by atoms with Crippen LogP contribution < -0.4 is 0 Å². The van der Waals surface area contributed by atoms with Crippen LogP contribution in [0.3, 0.4) is 0 Å². The Balaban J connectivity index is 2.45. The molecule has 2 rings (SSSR count). The number of hydrogen-bond donors (Lipinski definition) is 2. The Morgan fingerprint density at radius 3 is 1.60 bits per heavy atom. The first-order valence-electron chi connectivity index (χ1n) is 5.26. The molecule has 84 valence electrons. The van der Waals surface area contributed by atoms with Crippen molar-refractivity contribution >= 4 is 11.9 Å². The molecule has 2 bridgehead atoms. The van der Waals surface area contributed by atoms with E-state index in [1.165, 1.54) is 0 Å². The minimum Gasteiger partial charge on any atom is -0.481 e. The monoisotopic (exact) mass is 212 g/mol. The number of carboxylic acids is 2. The van der Waals surface area contributed by atoms with E-state index < -0.39 is 23.8 Å². The lowest BCUT2D eigenvalue weighted by Crippen LogP contribution is -2.41. The fraction of sp³-hybridized carbons (Fsp3) is 0.818. The molecule has 4 atom stereocenters. The molecule has 0 heterocycles. The van der Waals surface area contributed by atoms with Crippen molar-refractivity contribution in [3.05, 3.63) is 0 Å². The average Bonchev–Trinajstić information content (AvgIpc) is 2.49. The lowest BCUT2D eigenvalue weighted by atomic mass is 9.68. The second kappa shape index (κ2) is 2.74. The molecule has 4 unspecified atom stereocenters. The summed E-state index contributed by atoms with van der Waals surface area (Å²) in [4.78, 5) is 22.4. The van der Waals surface area contributed by atoms with E-state index in [1.807, 2.05) is 13.8 Å². The molecular weight excluding hydrogens is 196 g/mol. The van der Waals surface area contributed by atoms with Gasteiger partial charge in [-0.1, -0.05) is 13.8 Å². The van der Waals surface area contributed by atoms with Crippen molar-refractivity contribution in [2.24, 2.45) is 22.7 Å². The van der Waals surface area contributed by atoms with Crippen LogP contribution >= 0.6 is 0 Å². The van der Waals surface area contributed by atoms with Gasteiger partial charge in [-0.3, -0.25) is 9.59 Å². The molecule has 2 fully saturated rings. The van der Waals surface area contributed by atoms with Crippen molar-refractivity contribution in [1.82, 2.24) is 0 Å². The van der Waals surface area contributed by atoms with Gasteiger partial charge >= 0.3 is 11.9 Å². The summed E-state index contributed by atoms with van der Waals surface area (Å²) in [7, 11) is 0. The topological polar surface area (TPSA) is 74.6 Å². The molecule has 0 amide bonds. The molecule has 0 saturated heterocycles. The summed E-state index contributed by atoms with van der Waals surface area (Å²) in [6.07, 6.45) is 2.41. The number of carbonyl (C=O) groups is 2. The third kappa shape index (κ3) is 1.20. The smallest absolute Gasteiger partial charge is 0.307 e. The highest BCUT2D eigenvalue weighted by atomic mass is 16.4. The molecule has 2 aliphatic carbocycles. The Morgan fingerprint density at radius 2 is 1.33 bits per heavy atom. The predicted octanol–water partition coefficient (Wildman–Crippen LogP) is 1.60. The number of carboxylic acid groups (broad SMARTS) is 2. The molecule has 2 aliphatic rings. The van der Waals surface area contributed by atoms with Crippen LogP contribution in [0, 0.1) is 22.7 Å². The normalized spacial score (nSPS) is 48.1. The third-order valence-corrected chi connectivity index (χ3v) is 4.44. The van der Waals surface area contributed by atoms with Crippen LogP contribution in [-0.2, 0) is 9.59 Å². The first-order valence-corrected chi connectivity index (χ1v) is 5.26. The fourth-order valence-corrected chi connectivity index (χ4v) is 3.89. The van der Waals surface area contributed by atoms with Gasteiger partial charge < -0.3 is 10.2 Å². The van der Waals surface area contributed by atoms with Crippen molar-refractivity contribution < 1.29 is 19.8 Å². The highest BCUT2D eigenvalue weighted by molar-refractivity contribution is 5.82. The maximum absolute atomic E-state index is 11.2. The van der Waals surface area contributed by atoms with Crippen LogP contribution in [0.5, 0.6) is 0 Å². The Morgan fingerprint density at radius 1 is 1.00 bits per heavy atom. The highest BCUT2D eigenvalue weighted by Gasteiger charge is 2.66. The lowest BCUT2D eigenvalue weighted by molar-refractivity contribution is -0.160. The van der Waals surface area contributed by atoms with Gasteiger partial charge in [-0.2, -0.15) is 0 Å². The molecule has 2 saturated carbocycles. The molecule has 0 spiro atoms. The minimum atomic E-state index is -0.951. The molecule has 4 nitrogen and oxygen atoms in total. The van der Waals surface area contributed by atoms with Crippen LogP contribution in [-0.4, -0.2) is 22.2 Å². The summed E-state index contributed by atoms with van der Waals surface area (Å²) < 4.78 is 0. The van der Waals surface area contributed by atoms with Gasteiger partial charge in [-0.15, -0.1) is 0 Å². The molecule has 0 aromatic carbocycles. The van der Waals surface area contributed by atoms with Crippen LogP contribution in [0.25, 0.3) is 0 Å². The lowest BCUT2D eigenvalue weighted by Gasteiger charge is -2.35. The molecule has 0 aromatic rings.